The third-order valence-electron chi connectivity index (χ3n) is 7.06. The highest BCUT2D eigenvalue weighted by molar-refractivity contribution is 5.90. The van der Waals surface area contributed by atoms with Gasteiger partial charge in [0.1, 0.15) is 5.69 Å². The van der Waals surface area contributed by atoms with E-state index in [9.17, 15) is 4.79 Å². The topological polar surface area (TPSA) is 68.4 Å². The zero-order valence-corrected chi connectivity index (χ0v) is 17.3. The lowest BCUT2D eigenvalue weighted by Gasteiger charge is -2.51. The van der Waals surface area contributed by atoms with Crippen LogP contribution in [0.4, 0.5) is 0 Å². The SMILES string of the molecule is CCN(CC1CCCC(C)C1(OC)c1ccnc(C(N)=O)c1)C1CC(C)C1. The summed E-state index contributed by atoms with van der Waals surface area (Å²) in [7, 11) is 1.82. The van der Waals surface area contributed by atoms with Crippen molar-refractivity contribution in [3.8, 4) is 0 Å². The van der Waals surface area contributed by atoms with Crippen molar-refractivity contribution in [2.45, 2.75) is 64.5 Å². The van der Waals surface area contributed by atoms with Gasteiger partial charge in [-0.05, 0) is 61.8 Å². The fraction of sp³-hybridized carbons (Fsp3) is 0.727. The average Bonchev–Trinajstić information content (AvgIpc) is 2.64. The van der Waals surface area contributed by atoms with Gasteiger partial charge >= 0.3 is 0 Å². The second-order valence-corrected chi connectivity index (χ2v) is 8.64. The van der Waals surface area contributed by atoms with E-state index >= 15 is 0 Å². The summed E-state index contributed by atoms with van der Waals surface area (Å²) in [5.41, 5.74) is 6.47. The van der Waals surface area contributed by atoms with Gasteiger partial charge < -0.3 is 15.4 Å². The van der Waals surface area contributed by atoms with E-state index in [2.05, 4.69) is 30.7 Å². The Kier molecular flexibility index (Phi) is 6.21. The largest absolute Gasteiger partial charge is 0.373 e. The monoisotopic (exact) mass is 373 g/mol. The van der Waals surface area contributed by atoms with Crippen molar-refractivity contribution >= 4 is 5.91 Å². The van der Waals surface area contributed by atoms with Crippen LogP contribution in [-0.4, -0.2) is 42.0 Å². The maximum atomic E-state index is 11.7. The second kappa shape index (κ2) is 8.27. The van der Waals surface area contributed by atoms with E-state index in [0.29, 0.717) is 23.6 Å². The van der Waals surface area contributed by atoms with E-state index in [-0.39, 0.29) is 0 Å². The number of aromatic nitrogens is 1. The van der Waals surface area contributed by atoms with E-state index < -0.39 is 11.5 Å². The van der Waals surface area contributed by atoms with Crippen molar-refractivity contribution < 1.29 is 9.53 Å². The fourth-order valence-corrected chi connectivity index (χ4v) is 5.52. The van der Waals surface area contributed by atoms with Gasteiger partial charge in [0.15, 0.2) is 0 Å². The number of methoxy groups -OCH3 is 1. The Morgan fingerprint density at radius 1 is 1.37 bits per heavy atom. The van der Waals surface area contributed by atoms with E-state index in [1.807, 2.05) is 19.2 Å². The Labute approximate surface area is 163 Å². The van der Waals surface area contributed by atoms with E-state index in [4.69, 9.17) is 10.5 Å². The van der Waals surface area contributed by atoms with Crippen molar-refractivity contribution in [2.75, 3.05) is 20.2 Å². The molecule has 1 aromatic heterocycles. The van der Waals surface area contributed by atoms with Crippen LogP contribution in [0.15, 0.2) is 18.3 Å². The molecule has 0 saturated heterocycles. The molecule has 2 aliphatic rings. The summed E-state index contributed by atoms with van der Waals surface area (Å²) < 4.78 is 6.32. The van der Waals surface area contributed by atoms with Crippen LogP contribution < -0.4 is 5.73 Å². The first kappa shape index (κ1) is 20.3. The summed E-state index contributed by atoms with van der Waals surface area (Å²) in [5, 5.41) is 0. The van der Waals surface area contributed by atoms with Gasteiger partial charge in [-0.15, -0.1) is 0 Å². The Bertz CT molecular complexity index is 659. The molecule has 3 rings (SSSR count). The number of carbonyl (C=O) groups excluding carboxylic acids is 1. The van der Waals surface area contributed by atoms with Crippen molar-refractivity contribution in [3.05, 3.63) is 29.6 Å². The van der Waals surface area contributed by atoms with Crippen LogP contribution >= 0.6 is 0 Å². The lowest BCUT2D eigenvalue weighted by atomic mass is 9.65. The lowest BCUT2D eigenvalue weighted by molar-refractivity contribution is -0.136. The number of primary amides is 1. The number of nitrogens with zero attached hydrogens (tertiary/aromatic N) is 2. The van der Waals surface area contributed by atoms with Crippen molar-refractivity contribution in [1.29, 1.82) is 0 Å². The zero-order valence-electron chi connectivity index (χ0n) is 17.3. The number of carbonyl (C=O) groups is 1. The average molecular weight is 374 g/mol. The first-order valence-corrected chi connectivity index (χ1v) is 10.5. The molecule has 5 heteroatoms. The van der Waals surface area contributed by atoms with Crippen molar-refractivity contribution in [2.24, 2.45) is 23.5 Å². The molecule has 0 spiro atoms. The summed E-state index contributed by atoms with van der Waals surface area (Å²) in [6, 6.07) is 4.56. The van der Waals surface area contributed by atoms with Gasteiger partial charge in [-0.1, -0.05) is 27.2 Å². The molecule has 3 unspecified atom stereocenters. The maximum absolute atomic E-state index is 11.7. The number of nitrogens with two attached hydrogens (primary N) is 1. The summed E-state index contributed by atoms with van der Waals surface area (Å²) in [4.78, 5) is 18.5. The number of rotatable bonds is 7. The standard InChI is InChI=1S/C22H35N3O2/c1-5-25(19-11-15(2)12-19)14-18-8-6-7-16(3)22(18,27-4)17-9-10-24-20(13-17)21(23)26/h9-10,13,15-16,18-19H,5-8,11-12,14H2,1-4H3,(H2,23,26). The van der Waals surface area contributed by atoms with Crippen LogP contribution in [0.1, 0.15) is 68.9 Å². The van der Waals surface area contributed by atoms with Crippen LogP contribution in [0.5, 0.6) is 0 Å². The Hall–Kier alpha value is -1.46. The number of amides is 1. The van der Waals surface area contributed by atoms with Gasteiger partial charge in [-0.3, -0.25) is 9.78 Å². The molecule has 150 valence electrons. The Morgan fingerprint density at radius 2 is 2.11 bits per heavy atom. The van der Waals surface area contributed by atoms with Gasteiger partial charge in [-0.25, -0.2) is 0 Å². The number of pyridine rings is 1. The van der Waals surface area contributed by atoms with Crippen LogP contribution in [0, 0.1) is 17.8 Å². The molecule has 1 amide bonds. The van der Waals surface area contributed by atoms with Crippen molar-refractivity contribution in [3.63, 3.8) is 0 Å². The maximum Gasteiger partial charge on any atom is 0.267 e. The van der Waals surface area contributed by atoms with Gasteiger partial charge in [-0.2, -0.15) is 0 Å². The predicted octanol–water partition coefficient (Wildman–Crippen LogP) is 3.58. The first-order valence-electron chi connectivity index (χ1n) is 10.5. The molecule has 3 atom stereocenters. The first-order chi connectivity index (χ1) is 12.9. The Morgan fingerprint density at radius 3 is 2.70 bits per heavy atom. The number of hydrogen-bond donors (Lipinski definition) is 1. The molecule has 1 heterocycles. The molecule has 1 aromatic rings. The molecule has 0 aromatic carbocycles. The predicted molar refractivity (Wildman–Crippen MR) is 107 cm³/mol. The molecular formula is C22H35N3O2. The molecule has 27 heavy (non-hydrogen) atoms. The number of ether oxygens (including phenoxy) is 1. The van der Waals surface area contributed by atoms with Crippen LogP contribution in [-0.2, 0) is 10.3 Å². The minimum absolute atomic E-state index is 0.320. The minimum Gasteiger partial charge on any atom is -0.373 e. The van der Waals surface area contributed by atoms with Crippen LogP contribution in [0.25, 0.3) is 0 Å². The summed E-state index contributed by atoms with van der Waals surface area (Å²) in [6.45, 7) is 9.00. The highest BCUT2D eigenvalue weighted by atomic mass is 16.5. The summed E-state index contributed by atoms with van der Waals surface area (Å²) >= 11 is 0. The quantitative estimate of drug-likeness (QED) is 0.793. The molecule has 2 N–H and O–H groups in total. The third kappa shape index (κ3) is 3.77. The molecule has 2 aliphatic carbocycles. The van der Waals surface area contributed by atoms with Crippen LogP contribution in [0.2, 0.25) is 0 Å². The second-order valence-electron chi connectivity index (χ2n) is 8.64. The van der Waals surface area contributed by atoms with Crippen LogP contribution in [0.3, 0.4) is 0 Å². The van der Waals surface area contributed by atoms with Gasteiger partial charge in [0.2, 0.25) is 0 Å². The van der Waals surface area contributed by atoms with Crippen molar-refractivity contribution in [1.82, 2.24) is 9.88 Å². The van der Waals surface area contributed by atoms with Gasteiger partial charge in [0.25, 0.3) is 5.91 Å². The van der Waals surface area contributed by atoms with E-state index in [1.165, 1.54) is 19.3 Å². The molecule has 0 radical (unpaired) electrons. The normalized spacial score (nSPS) is 33.7. The lowest BCUT2D eigenvalue weighted by Crippen LogP contribution is -2.53. The highest BCUT2D eigenvalue weighted by Crippen LogP contribution is 2.49. The molecular weight excluding hydrogens is 338 g/mol. The summed E-state index contributed by atoms with van der Waals surface area (Å²) in [5.74, 6) is 1.13. The van der Waals surface area contributed by atoms with E-state index in [0.717, 1.165) is 37.4 Å². The molecule has 5 nitrogen and oxygen atoms in total. The third-order valence-corrected chi connectivity index (χ3v) is 7.06. The fourth-order valence-electron chi connectivity index (χ4n) is 5.52. The minimum atomic E-state index is -0.484. The zero-order chi connectivity index (χ0) is 19.6. The molecule has 2 saturated carbocycles. The molecule has 0 aliphatic heterocycles. The Balaban J connectivity index is 1.93. The molecule has 2 fully saturated rings. The molecule has 0 bridgehead atoms. The van der Waals surface area contributed by atoms with Gasteiger partial charge in [0.05, 0.1) is 5.60 Å². The van der Waals surface area contributed by atoms with Gasteiger partial charge in [0, 0.05) is 31.8 Å². The summed E-state index contributed by atoms with van der Waals surface area (Å²) in [6.07, 6.45) is 7.80. The van der Waals surface area contributed by atoms with E-state index in [1.54, 1.807) is 6.20 Å². The smallest absolute Gasteiger partial charge is 0.267 e. The number of hydrogen-bond acceptors (Lipinski definition) is 4. The highest BCUT2D eigenvalue weighted by Gasteiger charge is 2.48.